The van der Waals surface area contributed by atoms with Gasteiger partial charge in [0, 0.05) is 41.1 Å². The van der Waals surface area contributed by atoms with E-state index in [4.69, 9.17) is 0 Å². The number of amides is 1. The second kappa shape index (κ2) is 6.06. The number of aromatic nitrogens is 2. The summed E-state index contributed by atoms with van der Waals surface area (Å²) >= 11 is 3.10. The van der Waals surface area contributed by atoms with E-state index in [1.807, 2.05) is 30.3 Å². The normalized spacial score (nSPS) is 10.2. The maximum atomic E-state index is 10.7. The molecule has 1 N–H and O–H groups in total. The molecule has 2 rings (SSSR count). The molecule has 0 saturated carbocycles. The number of hydrogen-bond donors (Lipinski definition) is 1. The minimum atomic E-state index is -0.0545. The molecule has 0 aliphatic carbocycles. The van der Waals surface area contributed by atoms with Crippen LogP contribution < -0.4 is 5.32 Å². The number of carbonyl (C=O) groups excluding carboxylic acids is 1. The summed E-state index contributed by atoms with van der Waals surface area (Å²) in [5, 5.41) is 3.63. The Bertz CT molecular complexity index is 500. The average molecular weight is 359 g/mol. The Morgan fingerprint density at radius 3 is 2.82 bits per heavy atom. The number of benzene rings is 1. The number of nitrogens with zero attached hydrogens (tertiary/aromatic N) is 2. The molecular formula is C11H10IN3OS. The summed E-state index contributed by atoms with van der Waals surface area (Å²) in [4.78, 5) is 15.1. The predicted molar refractivity (Wildman–Crippen MR) is 76.5 cm³/mol. The van der Waals surface area contributed by atoms with Crippen molar-refractivity contribution < 1.29 is 4.79 Å². The summed E-state index contributed by atoms with van der Waals surface area (Å²) in [7, 11) is 0. The van der Waals surface area contributed by atoms with Gasteiger partial charge in [-0.3, -0.25) is 4.79 Å². The molecule has 0 spiro atoms. The Balaban J connectivity index is 1.99. The van der Waals surface area contributed by atoms with Crippen LogP contribution in [0.3, 0.4) is 0 Å². The molecule has 4 nitrogen and oxygen atoms in total. The summed E-state index contributed by atoms with van der Waals surface area (Å²) in [6.07, 6.45) is 0.665. The van der Waals surface area contributed by atoms with Crippen molar-refractivity contribution in [2.45, 2.75) is 6.42 Å². The van der Waals surface area contributed by atoms with Crippen LogP contribution in [0.5, 0.6) is 0 Å². The number of carbonyl (C=O) groups is 1. The van der Waals surface area contributed by atoms with Crippen LogP contribution in [0, 0.1) is 0 Å². The van der Waals surface area contributed by atoms with E-state index in [2.05, 4.69) is 14.7 Å². The molecule has 6 heteroatoms. The Hall–Kier alpha value is -1.02. The second-order valence-corrected chi connectivity index (χ2v) is 5.06. The van der Waals surface area contributed by atoms with Crippen LogP contribution in [0.15, 0.2) is 30.3 Å². The largest absolute Gasteiger partial charge is 0.347 e. The van der Waals surface area contributed by atoms with Crippen LogP contribution in [0.1, 0.15) is 5.82 Å². The lowest BCUT2D eigenvalue weighted by Crippen LogP contribution is -2.19. The quantitative estimate of drug-likeness (QED) is 0.519. The van der Waals surface area contributed by atoms with E-state index in [9.17, 15) is 4.79 Å². The summed E-state index contributed by atoms with van der Waals surface area (Å²) in [5.74, 6) is 0.777. The van der Waals surface area contributed by atoms with Gasteiger partial charge in [-0.2, -0.15) is 4.37 Å². The van der Waals surface area contributed by atoms with E-state index < -0.39 is 0 Å². The van der Waals surface area contributed by atoms with Gasteiger partial charge < -0.3 is 5.32 Å². The highest BCUT2D eigenvalue weighted by molar-refractivity contribution is 14.1. The summed E-state index contributed by atoms with van der Waals surface area (Å²) in [6.45, 7) is 0.576. The highest BCUT2D eigenvalue weighted by Crippen LogP contribution is 2.20. The third kappa shape index (κ3) is 3.74. The van der Waals surface area contributed by atoms with Crippen molar-refractivity contribution in [1.82, 2.24) is 14.7 Å². The van der Waals surface area contributed by atoms with Crippen molar-refractivity contribution in [2.24, 2.45) is 0 Å². The summed E-state index contributed by atoms with van der Waals surface area (Å²) in [5.41, 5.74) is 1.08. The number of halogens is 1. The lowest BCUT2D eigenvalue weighted by Gasteiger charge is -1.96. The van der Waals surface area contributed by atoms with Gasteiger partial charge in [-0.15, -0.1) is 0 Å². The van der Waals surface area contributed by atoms with Crippen molar-refractivity contribution in [1.29, 1.82) is 0 Å². The summed E-state index contributed by atoms with van der Waals surface area (Å²) < 4.78 is 4.21. The fourth-order valence-corrected chi connectivity index (χ4v) is 2.31. The zero-order valence-corrected chi connectivity index (χ0v) is 11.9. The van der Waals surface area contributed by atoms with Crippen LogP contribution in [-0.2, 0) is 6.42 Å². The average Bonchev–Trinajstić information content (AvgIpc) is 2.78. The van der Waals surface area contributed by atoms with Gasteiger partial charge in [-0.25, -0.2) is 4.98 Å². The van der Waals surface area contributed by atoms with E-state index in [0.717, 1.165) is 16.4 Å². The highest BCUT2D eigenvalue weighted by Gasteiger charge is 2.05. The second-order valence-electron chi connectivity index (χ2n) is 3.33. The molecule has 17 heavy (non-hydrogen) atoms. The minimum absolute atomic E-state index is 0.0545. The topological polar surface area (TPSA) is 54.9 Å². The van der Waals surface area contributed by atoms with Crippen molar-refractivity contribution >= 4 is 38.0 Å². The Kier molecular flexibility index (Phi) is 4.43. The van der Waals surface area contributed by atoms with Gasteiger partial charge in [0.2, 0.25) is 0 Å². The molecule has 88 valence electrons. The fraction of sp³-hybridized carbons (Fsp3) is 0.182. The van der Waals surface area contributed by atoms with Crippen molar-refractivity contribution in [3.05, 3.63) is 36.2 Å². The maximum absolute atomic E-state index is 10.7. The summed E-state index contributed by atoms with van der Waals surface area (Å²) in [6, 6.07) is 9.95. The lowest BCUT2D eigenvalue weighted by molar-refractivity contribution is 0.263. The van der Waals surface area contributed by atoms with Crippen LogP contribution in [0.2, 0.25) is 0 Å². The van der Waals surface area contributed by atoms with Gasteiger partial charge in [-0.05, 0) is 11.5 Å². The van der Waals surface area contributed by atoms with E-state index in [1.165, 1.54) is 11.5 Å². The van der Waals surface area contributed by atoms with E-state index in [1.54, 1.807) is 22.6 Å². The van der Waals surface area contributed by atoms with Crippen molar-refractivity contribution in [3.63, 3.8) is 0 Å². The SMILES string of the molecule is O=C(I)NCCc1nsc(-c2ccccc2)n1. The standard InChI is InChI=1S/C11H10IN3OS/c12-11(16)13-7-6-9-14-10(17-15-9)8-4-2-1-3-5-8/h1-5H,6-7H2,(H,13,16). The van der Waals surface area contributed by atoms with E-state index >= 15 is 0 Å². The third-order valence-electron chi connectivity index (χ3n) is 2.10. The first kappa shape index (κ1) is 12.4. The Morgan fingerprint density at radius 1 is 1.35 bits per heavy atom. The molecule has 0 atom stereocenters. The molecular weight excluding hydrogens is 349 g/mol. The number of nitrogens with one attached hydrogen (secondary N) is 1. The predicted octanol–water partition coefficient (Wildman–Crippen LogP) is 2.89. The molecule has 0 aliphatic rings. The van der Waals surface area contributed by atoms with Crippen LogP contribution >= 0.6 is 34.1 Å². The van der Waals surface area contributed by atoms with E-state index in [-0.39, 0.29) is 3.91 Å². The molecule has 0 fully saturated rings. The van der Waals surface area contributed by atoms with Crippen LogP contribution in [0.4, 0.5) is 4.79 Å². The van der Waals surface area contributed by atoms with Crippen molar-refractivity contribution in [3.8, 4) is 10.6 Å². The van der Waals surface area contributed by atoms with Crippen LogP contribution in [0.25, 0.3) is 10.6 Å². The van der Waals surface area contributed by atoms with Gasteiger partial charge >= 0.3 is 0 Å². The fourth-order valence-electron chi connectivity index (χ4n) is 1.33. The molecule has 1 aromatic carbocycles. The molecule has 2 aromatic rings. The molecule has 1 heterocycles. The van der Waals surface area contributed by atoms with Crippen LogP contribution in [-0.4, -0.2) is 19.8 Å². The molecule has 0 radical (unpaired) electrons. The van der Waals surface area contributed by atoms with E-state index in [0.29, 0.717) is 13.0 Å². The maximum Gasteiger partial charge on any atom is 0.280 e. The van der Waals surface area contributed by atoms with Crippen molar-refractivity contribution in [2.75, 3.05) is 6.54 Å². The molecule has 0 unspecified atom stereocenters. The molecule has 0 bridgehead atoms. The smallest absolute Gasteiger partial charge is 0.280 e. The first-order chi connectivity index (χ1) is 8.25. The Morgan fingerprint density at radius 2 is 2.12 bits per heavy atom. The number of hydrogen-bond acceptors (Lipinski definition) is 4. The van der Waals surface area contributed by atoms with Gasteiger partial charge in [0.1, 0.15) is 10.8 Å². The minimum Gasteiger partial charge on any atom is -0.347 e. The highest BCUT2D eigenvalue weighted by atomic mass is 127. The third-order valence-corrected chi connectivity index (χ3v) is 3.28. The van der Waals surface area contributed by atoms with Gasteiger partial charge in [0.05, 0.1) is 0 Å². The zero-order chi connectivity index (χ0) is 12.1. The monoisotopic (exact) mass is 359 g/mol. The number of rotatable bonds is 4. The molecule has 0 saturated heterocycles. The Labute approximate surface area is 117 Å². The first-order valence-corrected chi connectivity index (χ1v) is 6.92. The first-order valence-electron chi connectivity index (χ1n) is 5.07. The van der Waals surface area contributed by atoms with Gasteiger partial charge in [0.15, 0.2) is 0 Å². The molecule has 1 aromatic heterocycles. The lowest BCUT2D eigenvalue weighted by atomic mass is 10.2. The zero-order valence-electron chi connectivity index (χ0n) is 8.89. The van der Waals surface area contributed by atoms with Gasteiger partial charge in [-0.1, -0.05) is 30.3 Å². The molecule has 1 amide bonds. The molecule has 0 aliphatic heterocycles. The van der Waals surface area contributed by atoms with Gasteiger partial charge in [0.25, 0.3) is 3.91 Å².